The molecule has 0 spiro atoms. The smallest absolute Gasteiger partial charge is 0.410 e. The van der Waals surface area contributed by atoms with Gasteiger partial charge < -0.3 is 14.7 Å². The fourth-order valence-electron chi connectivity index (χ4n) is 1.74. The average molecular weight is 270 g/mol. The van der Waals surface area contributed by atoms with E-state index in [1.807, 2.05) is 20.8 Å². The van der Waals surface area contributed by atoms with Gasteiger partial charge in [0, 0.05) is 38.8 Å². The number of carboxylic acids is 1. The van der Waals surface area contributed by atoms with E-state index in [4.69, 9.17) is 9.84 Å². The van der Waals surface area contributed by atoms with Crippen molar-refractivity contribution in [2.24, 2.45) is 0 Å². The number of nitrogens with zero attached hydrogens (tertiary/aromatic N) is 2. The SMILES string of the molecule is CC(C)(C)OC(=O)N1CCN(C/C=C/C(=O)O)CC1. The zero-order chi connectivity index (χ0) is 14.5. The molecule has 0 aromatic heterocycles. The van der Waals surface area contributed by atoms with Crippen molar-refractivity contribution in [3.8, 4) is 0 Å². The van der Waals surface area contributed by atoms with E-state index in [1.165, 1.54) is 0 Å². The summed E-state index contributed by atoms with van der Waals surface area (Å²) in [6, 6.07) is 0. The largest absolute Gasteiger partial charge is 0.478 e. The van der Waals surface area contributed by atoms with Crippen molar-refractivity contribution in [3.63, 3.8) is 0 Å². The van der Waals surface area contributed by atoms with Crippen LogP contribution in [0.5, 0.6) is 0 Å². The van der Waals surface area contributed by atoms with Gasteiger partial charge in [-0.3, -0.25) is 4.90 Å². The summed E-state index contributed by atoms with van der Waals surface area (Å²) in [5, 5.41) is 8.49. The first-order valence-corrected chi connectivity index (χ1v) is 6.38. The summed E-state index contributed by atoms with van der Waals surface area (Å²) in [5.41, 5.74) is -0.474. The van der Waals surface area contributed by atoms with E-state index in [1.54, 1.807) is 11.0 Å². The Bertz CT molecular complexity index is 352. The van der Waals surface area contributed by atoms with Crippen LogP contribution < -0.4 is 0 Å². The minimum Gasteiger partial charge on any atom is -0.478 e. The minimum atomic E-state index is -0.938. The van der Waals surface area contributed by atoms with Crippen LogP contribution in [-0.4, -0.2) is 65.3 Å². The molecule has 1 saturated heterocycles. The van der Waals surface area contributed by atoms with Crippen LogP contribution in [0.4, 0.5) is 4.79 Å². The molecule has 0 aliphatic carbocycles. The highest BCUT2D eigenvalue weighted by atomic mass is 16.6. The molecule has 108 valence electrons. The molecule has 0 aromatic carbocycles. The molecule has 1 rings (SSSR count). The van der Waals surface area contributed by atoms with Crippen LogP contribution in [0.15, 0.2) is 12.2 Å². The third-order valence-corrected chi connectivity index (χ3v) is 2.65. The van der Waals surface area contributed by atoms with Crippen molar-refractivity contribution in [1.29, 1.82) is 0 Å². The van der Waals surface area contributed by atoms with Gasteiger partial charge in [-0.15, -0.1) is 0 Å². The lowest BCUT2D eigenvalue weighted by molar-refractivity contribution is -0.131. The number of aliphatic carboxylic acids is 1. The molecule has 0 bridgehead atoms. The number of hydrogen-bond acceptors (Lipinski definition) is 4. The molecule has 0 radical (unpaired) electrons. The molecule has 1 N–H and O–H groups in total. The molecule has 1 aliphatic heterocycles. The zero-order valence-electron chi connectivity index (χ0n) is 11.8. The predicted octanol–water partition coefficient (Wildman–Crippen LogP) is 1.18. The first-order valence-electron chi connectivity index (χ1n) is 6.38. The van der Waals surface area contributed by atoms with Gasteiger partial charge in [-0.05, 0) is 20.8 Å². The Morgan fingerprint density at radius 1 is 1.21 bits per heavy atom. The first kappa shape index (κ1) is 15.5. The van der Waals surface area contributed by atoms with Crippen LogP contribution in [0, 0.1) is 0 Å². The number of amides is 1. The highest BCUT2D eigenvalue weighted by Crippen LogP contribution is 2.11. The third kappa shape index (κ3) is 6.24. The zero-order valence-corrected chi connectivity index (χ0v) is 11.8. The highest BCUT2D eigenvalue weighted by Gasteiger charge is 2.25. The van der Waals surface area contributed by atoms with Gasteiger partial charge in [0.25, 0.3) is 0 Å². The predicted molar refractivity (Wildman–Crippen MR) is 71.0 cm³/mol. The number of carboxylic acid groups (broad SMARTS) is 1. The molecule has 0 unspecified atom stereocenters. The van der Waals surface area contributed by atoms with Gasteiger partial charge in [0.15, 0.2) is 0 Å². The fourth-order valence-corrected chi connectivity index (χ4v) is 1.74. The highest BCUT2D eigenvalue weighted by molar-refractivity contribution is 5.79. The van der Waals surface area contributed by atoms with E-state index in [2.05, 4.69) is 4.90 Å². The van der Waals surface area contributed by atoms with Gasteiger partial charge in [0.05, 0.1) is 0 Å². The van der Waals surface area contributed by atoms with Gasteiger partial charge in [0.1, 0.15) is 5.60 Å². The maximum atomic E-state index is 11.8. The second-order valence-corrected chi connectivity index (χ2v) is 5.51. The van der Waals surface area contributed by atoms with Gasteiger partial charge in [0.2, 0.25) is 0 Å². The molecular formula is C13H22N2O4. The number of piperazine rings is 1. The summed E-state index contributed by atoms with van der Waals surface area (Å²) < 4.78 is 5.30. The Morgan fingerprint density at radius 3 is 2.26 bits per heavy atom. The summed E-state index contributed by atoms with van der Waals surface area (Å²) in [5.74, 6) is -0.938. The molecule has 0 atom stereocenters. The molecule has 1 fully saturated rings. The molecular weight excluding hydrogens is 248 g/mol. The minimum absolute atomic E-state index is 0.284. The van der Waals surface area contributed by atoms with Gasteiger partial charge in [-0.1, -0.05) is 6.08 Å². The number of carbonyl (C=O) groups is 2. The number of rotatable bonds is 3. The molecule has 19 heavy (non-hydrogen) atoms. The van der Waals surface area contributed by atoms with Crippen molar-refractivity contribution >= 4 is 12.1 Å². The van der Waals surface area contributed by atoms with Crippen molar-refractivity contribution in [1.82, 2.24) is 9.80 Å². The second kappa shape index (κ2) is 6.56. The quantitative estimate of drug-likeness (QED) is 0.780. The standard InChI is InChI=1S/C13H22N2O4/c1-13(2,3)19-12(18)15-9-7-14(8-10-15)6-4-5-11(16)17/h4-5H,6-10H2,1-3H3,(H,16,17)/b5-4+. The molecule has 6 heteroatoms. The Hall–Kier alpha value is -1.56. The van der Waals surface area contributed by atoms with E-state index >= 15 is 0 Å². The normalized spacial score (nSPS) is 17.7. The lowest BCUT2D eigenvalue weighted by Gasteiger charge is -2.35. The van der Waals surface area contributed by atoms with E-state index in [9.17, 15) is 9.59 Å². The van der Waals surface area contributed by atoms with Crippen LogP contribution in [0.1, 0.15) is 20.8 Å². The maximum Gasteiger partial charge on any atom is 0.410 e. The van der Waals surface area contributed by atoms with Crippen LogP contribution >= 0.6 is 0 Å². The van der Waals surface area contributed by atoms with Crippen molar-refractivity contribution in [2.45, 2.75) is 26.4 Å². The van der Waals surface area contributed by atoms with E-state index in [0.717, 1.165) is 19.2 Å². The number of hydrogen-bond donors (Lipinski definition) is 1. The molecule has 6 nitrogen and oxygen atoms in total. The van der Waals surface area contributed by atoms with Crippen LogP contribution in [0.3, 0.4) is 0 Å². The van der Waals surface area contributed by atoms with Crippen LogP contribution in [0.25, 0.3) is 0 Å². The first-order chi connectivity index (χ1) is 8.78. The van der Waals surface area contributed by atoms with Crippen LogP contribution in [0.2, 0.25) is 0 Å². The monoisotopic (exact) mass is 270 g/mol. The summed E-state index contributed by atoms with van der Waals surface area (Å²) >= 11 is 0. The van der Waals surface area contributed by atoms with Gasteiger partial charge >= 0.3 is 12.1 Å². The lowest BCUT2D eigenvalue weighted by Crippen LogP contribution is -2.49. The van der Waals surface area contributed by atoms with Crippen molar-refractivity contribution in [3.05, 3.63) is 12.2 Å². The second-order valence-electron chi connectivity index (χ2n) is 5.51. The van der Waals surface area contributed by atoms with E-state index in [-0.39, 0.29) is 6.09 Å². The Labute approximate surface area is 113 Å². The average Bonchev–Trinajstić information content (AvgIpc) is 2.27. The summed E-state index contributed by atoms with van der Waals surface area (Å²) in [7, 11) is 0. The van der Waals surface area contributed by atoms with Gasteiger partial charge in [-0.2, -0.15) is 0 Å². The van der Waals surface area contributed by atoms with E-state index < -0.39 is 11.6 Å². The Morgan fingerprint density at radius 2 is 1.79 bits per heavy atom. The number of carbonyl (C=O) groups excluding carboxylic acids is 1. The fraction of sp³-hybridized carbons (Fsp3) is 0.692. The lowest BCUT2D eigenvalue weighted by atomic mass is 10.2. The molecule has 1 aliphatic rings. The topological polar surface area (TPSA) is 70.1 Å². The number of ether oxygens (including phenoxy) is 1. The Balaban J connectivity index is 2.32. The van der Waals surface area contributed by atoms with Crippen LogP contribution in [-0.2, 0) is 9.53 Å². The Kier molecular flexibility index (Phi) is 5.35. The molecule has 0 aromatic rings. The van der Waals surface area contributed by atoms with Crippen molar-refractivity contribution in [2.75, 3.05) is 32.7 Å². The summed E-state index contributed by atoms with van der Waals surface area (Å²) in [6.45, 7) is 8.79. The third-order valence-electron chi connectivity index (χ3n) is 2.65. The maximum absolute atomic E-state index is 11.8. The molecule has 1 amide bonds. The molecule has 1 heterocycles. The van der Waals surface area contributed by atoms with Gasteiger partial charge in [-0.25, -0.2) is 9.59 Å². The van der Waals surface area contributed by atoms with E-state index in [0.29, 0.717) is 19.6 Å². The van der Waals surface area contributed by atoms with Crippen molar-refractivity contribution < 1.29 is 19.4 Å². The molecule has 0 saturated carbocycles. The summed E-state index contributed by atoms with van der Waals surface area (Å²) in [4.78, 5) is 25.9. The summed E-state index contributed by atoms with van der Waals surface area (Å²) in [6.07, 6.45) is 2.47.